The van der Waals surface area contributed by atoms with Gasteiger partial charge in [-0.1, -0.05) is 34.6 Å². The summed E-state index contributed by atoms with van der Waals surface area (Å²) in [7, 11) is 2.27. The lowest BCUT2D eigenvalue weighted by atomic mass is 9.81. The third-order valence-electron chi connectivity index (χ3n) is 4.31. The molecule has 0 aliphatic carbocycles. The number of nitrogens with one attached hydrogen (secondary N) is 1. The SMILES string of the molecule is CCC(C)N(C)CC(CC)(CC)CNC(C)C. The standard InChI is InChI=1S/C15H34N2/c1-8-14(6)17(7)12-15(9-2,10-3)11-16-13(4)5/h13-14,16H,8-12H2,1-7H3. The first-order valence-corrected chi connectivity index (χ1v) is 7.34. The van der Waals surface area contributed by atoms with E-state index in [2.05, 4.69) is 58.8 Å². The summed E-state index contributed by atoms with van der Waals surface area (Å²) in [6.07, 6.45) is 3.74. The molecule has 0 aliphatic rings. The van der Waals surface area contributed by atoms with E-state index in [1.807, 2.05) is 0 Å². The van der Waals surface area contributed by atoms with Gasteiger partial charge in [0.2, 0.25) is 0 Å². The zero-order valence-corrected chi connectivity index (χ0v) is 13.1. The molecule has 0 aliphatic heterocycles. The molecule has 0 aromatic rings. The molecule has 0 radical (unpaired) electrons. The quantitative estimate of drug-likeness (QED) is 0.665. The maximum absolute atomic E-state index is 3.62. The van der Waals surface area contributed by atoms with Gasteiger partial charge in [0, 0.05) is 25.2 Å². The summed E-state index contributed by atoms with van der Waals surface area (Å²) in [6, 6.07) is 1.27. The highest BCUT2D eigenvalue weighted by Gasteiger charge is 2.28. The second-order valence-corrected chi connectivity index (χ2v) is 5.92. The van der Waals surface area contributed by atoms with Gasteiger partial charge in [0.25, 0.3) is 0 Å². The van der Waals surface area contributed by atoms with Crippen LogP contribution in [0.15, 0.2) is 0 Å². The summed E-state index contributed by atoms with van der Waals surface area (Å²) in [5.74, 6) is 0. The van der Waals surface area contributed by atoms with Crippen molar-refractivity contribution in [3.8, 4) is 0 Å². The number of rotatable bonds is 9. The molecule has 1 N–H and O–H groups in total. The van der Waals surface area contributed by atoms with E-state index < -0.39 is 0 Å². The minimum atomic E-state index is 0.433. The Hall–Kier alpha value is -0.0800. The highest BCUT2D eigenvalue weighted by Crippen LogP contribution is 2.27. The average Bonchev–Trinajstić information content (AvgIpc) is 2.33. The van der Waals surface area contributed by atoms with Crippen LogP contribution in [-0.4, -0.2) is 37.1 Å². The largest absolute Gasteiger partial charge is 0.314 e. The van der Waals surface area contributed by atoms with Gasteiger partial charge in [-0.25, -0.2) is 0 Å². The van der Waals surface area contributed by atoms with Crippen molar-refractivity contribution in [2.45, 2.75) is 72.9 Å². The molecule has 17 heavy (non-hydrogen) atoms. The first-order chi connectivity index (χ1) is 7.90. The van der Waals surface area contributed by atoms with E-state index in [0.29, 0.717) is 17.5 Å². The summed E-state index contributed by atoms with van der Waals surface area (Å²) in [6.45, 7) is 16.1. The summed E-state index contributed by atoms with van der Waals surface area (Å²) >= 11 is 0. The Morgan fingerprint density at radius 3 is 1.94 bits per heavy atom. The van der Waals surface area contributed by atoms with E-state index in [9.17, 15) is 0 Å². The van der Waals surface area contributed by atoms with E-state index in [-0.39, 0.29) is 0 Å². The lowest BCUT2D eigenvalue weighted by Gasteiger charge is -2.38. The predicted octanol–water partition coefficient (Wildman–Crippen LogP) is 3.52. The first-order valence-electron chi connectivity index (χ1n) is 7.34. The Kier molecular flexibility index (Phi) is 8.06. The number of nitrogens with zero attached hydrogens (tertiary/aromatic N) is 1. The van der Waals surface area contributed by atoms with Crippen LogP contribution < -0.4 is 5.32 Å². The second-order valence-electron chi connectivity index (χ2n) is 5.92. The maximum atomic E-state index is 3.62. The van der Waals surface area contributed by atoms with Gasteiger partial charge in [-0.15, -0.1) is 0 Å². The number of hydrogen-bond acceptors (Lipinski definition) is 2. The van der Waals surface area contributed by atoms with Crippen LogP contribution in [0.1, 0.15) is 60.8 Å². The molecular formula is C15H34N2. The van der Waals surface area contributed by atoms with Crippen LogP contribution in [-0.2, 0) is 0 Å². The van der Waals surface area contributed by atoms with Crippen molar-refractivity contribution < 1.29 is 0 Å². The summed E-state index contributed by atoms with van der Waals surface area (Å²) in [5, 5.41) is 3.62. The fraction of sp³-hybridized carbons (Fsp3) is 1.00. The molecule has 0 heterocycles. The Morgan fingerprint density at radius 1 is 1.06 bits per heavy atom. The van der Waals surface area contributed by atoms with E-state index in [4.69, 9.17) is 0 Å². The second kappa shape index (κ2) is 8.10. The Morgan fingerprint density at radius 2 is 1.59 bits per heavy atom. The van der Waals surface area contributed by atoms with E-state index in [0.717, 1.165) is 6.54 Å². The van der Waals surface area contributed by atoms with Gasteiger partial charge in [0.1, 0.15) is 0 Å². The van der Waals surface area contributed by atoms with Gasteiger partial charge in [-0.05, 0) is 38.6 Å². The molecule has 0 spiro atoms. The van der Waals surface area contributed by atoms with Crippen molar-refractivity contribution in [1.29, 1.82) is 0 Å². The van der Waals surface area contributed by atoms with Crippen molar-refractivity contribution >= 4 is 0 Å². The van der Waals surface area contributed by atoms with Gasteiger partial charge >= 0.3 is 0 Å². The van der Waals surface area contributed by atoms with Crippen LogP contribution in [0.5, 0.6) is 0 Å². The maximum Gasteiger partial charge on any atom is 0.00614 e. The normalized spacial score (nSPS) is 14.6. The summed E-state index contributed by atoms with van der Waals surface area (Å²) < 4.78 is 0. The fourth-order valence-electron chi connectivity index (χ4n) is 2.20. The molecule has 104 valence electrons. The van der Waals surface area contributed by atoms with E-state index >= 15 is 0 Å². The molecule has 0 saturated heterocycles. The molecule has 0 aromatic heterocycles. The topological polar surface area (TPSA) is 15.3 Å². The van der Waals surface area contributed by atoms with E-state index in [1.165, 1.54) is 25.8 Å². The number of hydrogen-bond donors (Lipinski definition) is 1. The zero-order chi connectivity index (χ0) is 13.5. The van der Waals surface area contributed by atoms with Crippen molar-refractivity contribution in [2.24, 2.45) is 5.41 Å². The summed E-state index contributed by atoms with van der Waals surface area (Å²) in [4.78, 5) is 2.52. The van der Waals surface area contributed by atoms with Crippen molar-refractivity contribution in [2.75, 3.05) is 20.1 Å². The highest BCUT2D eigenvalue weighted by atomic mass is 15.1. The molecule has 1 atom stereocenters. The van der Waals surface area contributed by atoms with Crippen LogP contribution in [0.4, 0.5) is 0 Å². The van der Waals surface area contributed by atoms with Crippen molar-refractivity contribution in [1.82, 2.24) is 10.2 Å². The zero-order valence-electron chi connectivity index (χ0n) is 13.1. The smallest absolute Gasteiger partial charge is 0.00614 e. The minimum Gasteiger partial charge on any atom is -0.314 e. The monoisotopic (exact) mass is 242 g/mol. The van der Waals surface area contributed by atoms with E-state index in [1.54, 1.807) is 0 Å². The van der Waals surface area contributed by atoms with Gasteiger partial charge in [0.05, 0.1) is 0 Å². The molecule has 1 unspecified atom stereocenters. The van der Waals surface area contributed by atoms with Crippen LogP contribution in [0.2, 0.25) is 0 Å². The highest BCUT2D eigenvalue weighted by molar-refractivity contribution is 4.84. The van der Waals surface area contributed by atoms with Crippen molar-refractivity contribution in [3.63, 3.8) is 0 Å². The third-order valence-corrected chi connectivity index (χ3v) is 4.31. The first kappa shape index (κ1) is 16.9. The van der Waals surface area contributed by atoms with Crippen LogP contribution in [0, 0.1) is 5.41 Å². The lowest BCUT2D eigenvalue weighted by molar-refractivity contribution is 0.123. The molecule has 0 aromatic carbocycles. The van der Waals surface area contributed by atoms with Crippen LogP contribution in [0.3, 0.4) is 0 Å². The molecule has 0 bridgehead atoms. The molecule has 2 nitrogen and oxygen atoms in total. The Bertz CT molecular complexity index is 185. The third kappa shape index (κ3) is 5.87. The van der Waals surface area contributed by atoms with Crippen LogP contribution >= 0.6 is 0 Å². The minimum absolute atomic E-state index is 0.433. The molecule has 0 amide bonds. The molecule has 0 fully saturated rings. The van der Waals surface area contributed by atoms with Gasteiger partial charge < -0.3 is 10.2 Å². The molecule has 2 heteroatoms. The van der Waals surface area contributed by atoms with Gasteiger partial charge in [-0.3, -0.25) is 0 Å². The lowest BCUT2D eigenvalue weighted by Crippen LogP contribution is -2.46. The van der Waals surface area contributed by atoms with Gasteiger partial charge in [-0.2, -0.15) is 0 Å². The molecular weight excluding hydrogens is 208 g/mol. The van der Waals surface area contributed by atoms with Crippen LogP contribution in [0.25, 0.3) is 0 Å². The fourth-order valence-corrected chi connectivity index (χ4v) is 2.20. The summed E-state index contributed by atoms with van der Waals surface area (Å²) in [5.41, 5.74) is 0.433. The predicted molar refractivity (Wildman–Crippen MR) is 78.5 cm³/mol. The molecule has 0 rings (SSSR count). The van der Waals surface area contributed by atoms with Gasteiger partial charge in [0.15, 0.2) is 0 Å². The average molecular weight is 242 g/mol. The molecule has 0 saturated carbocycles. The Balaban J connectivity index is 4.48. The Labute approximate surface area is 109 Å². The van der Waals surface area contributed by atoms with Crippen molar-refractivity contribution in [3.05, 3.63) is 0 Å².